The third-order valence-electron chi connectivity index (χ3n) is 3.49. The highest BCUT2D eigenvalue weighted by atomic mass is 32.1. The molecule has 1 aliphatic heterocycles. The SMILES string of the molecule is Cc1nsc(N2CCn3c(C(C)C)nnc3C2C)n1. The number of rotatable bonds is 2. The van der Waals surface area contributed by atoms with Crippen LogP contribution >= 0.6 is 11.5 Å². The monoisotopic (exact) mass is 278 g/mol. The molecule has 0 saturated heterocycles. The summed E-state index contributed by atoms with van der Waals surface area (Å²) < 4.78 is 6.51. The highest BCUT2D eigenvalue weighted by molar-refractivity contribution is 7.09. The number of aryl methyl sites for hydroxylation is 1. The Kier molecular flexibility index (Phi) is 3.00. The van der Waals surface area contributed by atoms with Crippen LogP contribution < -0.4 is 4.90 Å². The van der Waals surface area contributed by atoms with Crippen molar-refractivity contribution in [3.63, 3.8) is 0 Å². The van der Waals surface area contributed by atoms with Gasteiger partial charge in [-0.15, -0.1) is 10.2 Å². The van der Waals surface area contributed by atoms with Crippen LogP contribution in [-0.4, -0.2) is 30.7 Å². The second-order valence-electron chi connectivity index (χ2n) is 5.22. The molecule has 6 nitrogen and oxygen atoms in total. The first-order valence-electron chi connectivity index (χ1n) is 6.58. The van der Waals surface area contributed by atoms with Gasteiger partial charge in [0, 0.05) is 30.5 Å². The lowest BCUT2D eigenvalue weighted by molar-refractivity contribution is 0.479. The van der Waals surface area contributed by atoms with E-state index in [1.54, 1.807) is 0 Å². The van der Waals surface area contributed by atoms with Gasteiger partial charge in [0.15, 0.2) is 5.82 Å². The summed E-state index contributed by atoms with van der Waals surface area (Å²) in [7, 11) is 0. The molecule has 19 heavy (non-hydrogen) atoms. The molecule has 0 N–H and O–H groups in total. The third-order valence-corrected chi connectivity index (χ3v) is 4.34. The maximum Gasteiger partial charge on any atom is 0.205 e. The van der Waals surface area contributed by atoms with E-state index in [1.165, 1.54) is 11.5 Å². The normalized spacial score (nSPS) is 19.0. The fourth-order valence-electron chi connectivity index (χ4n) is 2.50. The maximum absolute atomic E-state index is 4.48. The molecule has 3 rings (SSSR count). The standard InChI is InChI=1S/C12H18N6S/c1-7(2)10-14-15-11-8(3)17(5-6-18(10)11)12-13-9(4)16-19-12/h7-8H,5-6H2,1-4H3. The molecule has 2 aromatic heterocycles. The zero-order valence-corrected chi connectivity index (χ0v) is 12.5. The molecule has 7 heteroatoms. The van der Waals surface area contributed by atoms with Gasteiger partial charge in [-0.1, -0.05) is 13.8 Å². The summed E-state index contributed by atoms with van der Waals surface area (Å²) in [6.07, 6.45) is 0. The van der Waals surface area contributed by atoms with Crippen LogP contribution in [-0.2, 0) is 6.54 Å². The summed E-state index contributed by atoms with van der Waals surface area (Å²) in [6, 6.07) is 0.195. The smallest absolute Gasteiger partial charge is 0.205 e. The molecule has 0 aromatic carbocycles. The molecule has 3 heterocycles. The van der Waals surface area contributed by atoms with E-state index >= 15 is 0 Å². The van der Waals surface area contributed by atoms with E-state index < -0.39 is 0 Å². The van der Waals surface area contributed by atoms with E-state index in [9.17, 15) is 0 Å². The molecule has 0 amide bonds. The molecule has 1 unspecified atom stereocenters. The van der Waals surface area contributed by atoms with Gasteiger partial charge in [-0.25, -0.2) is 4.98 Å². The van der Waals surface area contributed by atoms with Crippen molar-refractivity contribution in [1.82, 2.24) is 24.1 Å². The van der Waals surface area contributed by atoms with Gasteiger partial charge in [0.25, 0.3) is 0 Å². The maximum atomic E-state index is 4.48. The summed E-state index contributed by atoms with van der Waals surface area (Å²) >= 11 is 1.45. The van der Waals surface area contributed by atoms with Gasteiger partial charge < -0.3 is 9.47 Å². The van der Waals surface area contributed by atoms with Gasteiger partial charge in [0.2, 0.25) is 5.13 Å². The first kappa shape index (κ1) is 12.5. The Morgan fingerprint density at radius 2 is 2.05 bits per heavy atom. The number of anilines is 1. The highest BCUT2D eigenvalue weighted by Gasteiger charge is 2.30. The molecular formula is C12H18N6S. The van der Waals surface area contributed by atoms with Crippen molar-refractivity contribution in [3.05, 3.63) is 17.5 Å². The second-order valence-corrected chi connectivity index (χ2v) is 5.95. The minimum atomic E-state index is 0.195. The van der Waals surface area contributed by atoms with Crippen LogP contribution in [0.15, 0.2) is 0 Å². The van der Waals surface area contributed by atoms with Crippen LogP contribution in [0.1, 0.15) is 50.2 Å². The third kappa shape index (κ3) is 2.01. The average molecular weight is 278 g/mol. The first-order valence-corrected chi connectivity index (χ1v) is 7.35. The fourth-order valence-corrected chi connectivity index (χ4v) is 3.28. The quantitative estimate of drug-likeness (QED) is 0.842. The molecule has 0 fully saturated rings. The summed E-state index contributed by atoms with van der Waals surface area (Å²) in [4.78, 5) is 6.74. The van der Waals surface area contributed by atoms with Crippen molar-refractivity contribution >= 4 is 16.7 Å². The van der Waals surface area contributed by atoms with Crippen molar-refractivity contribution in [2.75, 3.05) is 11.4 Å². The van der Waals surface area contributed by atoms with Crippen molar-refractivity contribution < 1.29 is 0 Å². The Morgan fingerprint density at radius 3 is 2.68 bits per heavy atom. The predicted octanol–water partition coefficient (Wildman–Crippen LogP) is 2.14. The summed E-state index contributed by atoms with van der Waals surface area (Å²) in [6.45, 7) is 10.2. The first-order chi connectivity index (χ1) is 9.08. The van der Waals surface area contributed by atoms with Gasteiger partial charge in [0.05, 0.1) is 6.04 Å². The number of hydrogen-bond donors (Lipinski definition) is 0. The van der Waals surface area contributed by atoms with E-state index in [0.29, 0.717) is 5.92 Å². The number of fused-ring (bicyclic) bond motifs is 1. The van der Waals surface area contributed by atoms with Crippen molar-refractivity contribution in [2.45, 2.75) is 46.2 Å². The van der Waals surface area contributed by atoms with Crippen LogP contribution in [0.4, 0.5) is 5.13 Å². The van der Waals surface area contributed by atoms with E-state index in [-0.39, 0.29) is 6.04 Å². The largest absolute Gasteiger partial charge is 0.335 e. The lowest BCUT2D eigenvalue weighted by atomic mass is 10.1. The Morgan fingerprint density at radius 1 is 1.26 bits per heavy atom. The minimum absolute atomic E-state index is 0.195. The predicted molar refractivity (Wildman–Crippen MR) is 74.5 cm³/mol. The average Bonchev–Trinajstić information content (AvgIpc) is 2.96. The van der Waals surface area contributed by atoms with Crippen LogP contribution in [0.5, 0.6) is 0 Å². The zero-order chi connectivity index (χ0) is 13.6. The molecule has 0 saturated carbocycles. The fraction of sp³-hybridized carbons (Fsp3) is 0.667. The Hall–Kier alpha value is -1.50. The summed E-state index contributed by atoms with van der Waals surface area (Å²) in [5, 5.41) is 9.68. The van der Waals surface area contributed by atoms with E-state index in [2.05, 4.69) is 49.8 Å². The lowest BCUT2D eigenvalue weighted by Gasteiger charge is -2.33. The molecule has 1 aliphatic rings. The van der Waals surface area contributed by atoms with Crippen molar-refractivity contribution in [1.29, 1.82) is 0 Å². The van der Waals surface area contributed by atoms with Gasteiger partial charge in [-0.05, 0) is 13.8 Å². The van der Waals surface area contributed by atoms with Crippen molar-refractivity contribution in [2.24, 2.45) is 0 Å². The molecule has 2 aromatic rings. The molecule has 0 spiro atoms. The van der Waals surface area contributed by atoms with Gasteiger partial charge in [-0.3, -0.25) is 0 Å². The second kappa shape index (κ2) is 4.56. The van der Waals surface area contributed by atoms with E-state index in [4.69, 9.17) is 0 Å². The van der Waals surface area contributed by atoms with Gasteiger partial charge in [-0.2, -0.15) is 4.37 Å². The van der Waals surface area contributed by atoms with Gasteiger partial charge in [0.1, 0.15) is 11.6 Å². The number of hydrogen-bond acceptors (Lipinski definition) is 6. The zero-order valence-electron chi connectivity index (χ0n) is 11.7. The Bertz CT molecular complexity index is 587. The Balaban J connectivity index is 1.94. The molecule has 102 valence electrons. The van der Waals surface area contributed by atoms with E-state index in [0.717, 1.165) is 35.7 Å². The van der Waals surface area contributed by atoms with Gasteiger partial charge >= 0.3 is 0 Å². The topological polar surface area (TPSA) is 59.7 Å². The lowest BCUT2D eigenvalue weighted by Crippen LogP contribution is -2.37. The van der Waals surface area contributed by atoms with E-state index in [1.807, 2.05) is 6.92 Å². The van der Waals surface area contributed by atoms with Crippen LogP contribution in [0.2, 0.25) is 0 Å². The number of nitrogens with zero attached hydrogens (tertiary/aromatic N) is 6. The summed E-state index contributed by atoms with van der Waals surface area (Å²) in [5.41, 5.74) is 0. The number of aromatic nitrogens is 5. The summed E-state index contributed by atoms with van der Waals surface area (Å²) in [5.74, 6) is 3.35. The van der Waals surface area contributed by atoms with Crippen LogP contribution in [0.3, 0.4) is 0 Å². The van der Waals surface area contributed by atoms with Crippen LogP contribution in [0.25, 0.3) is 0 Å². The Labute approximate surface area is 116 Å². The highest BCUT2D eigenvalue weighted by Crippen LogP contribution is 2.31. The molecule has 0 bridgehead atoms. The van der Waals surface area contributed by atoms with Crippen molar-refractivity contribution in [3.8, 4) is 0 Å². The molecular weight excluding hydrogens is 260 g/mol. The molecule has 1 atom stereocenters. The molecule has 0 radical (unpaired) electrons. The minimum Gasteiger partial charge on any atom is -0.335 e. The van der Waals surface area contributed by atoms with Crippen LogP contribution in [0, 0.1) is 6.92 Å². The molecule has 0 aliphatic carbocycles.